The van der Waals surface area contributed by atoms with E-state index >= 15 is 4.39 Å². The standard InChI is InChI=1S/C33H39FN8O/c1-4-21-15-20(2)16-28-30(21)43-33(39-28)38-27-10-5-22(17-26(27)34)25-18-42(32-29(25)31(35)36-19-37-32)24-8-6-23(7-9-24)41-13-11-40(3)12-14-41/h5,10,15-19,23-24H,4,6-9,11-14H2,1-3H3,(H,38,39)(H2,35,36,37). The van der Waals surface area contributed by atoms with Crippen LogP contribution in [-0.4, -0.2) is 68.6 Å². The van der Waals surface area contributed by atoms with Crippen molar-refractivity contribution < 1.29 is 8.81 Å². The summed E-state index contributed by atoms with van der Waals surface area (Å²) < 4.78 is 23.8. The van der Waals surface area contributed by atoms with E-state index in [4.69, 9.17) is 10.2 Å². The van der Waals surface area contributed by atoms with Crippen LogP contribution in [0, 0.1) is 12.7 Å². The number of nitrogen functional groups attached to an aromatic ring is 1. The molecule has 9 nitrogen and oxygen atoms in total. The van der Waals surface area contributed by atoms with Crippen molar-refractivity contribution in [3.63, 3.8) is 0 Å². The summed E-state index contributed by atoms with van der Waals surface area (Å²) in [6.07, 6.45) is 8.91. The molecule has 3 aromatic heterocycles. The fourth-order valence-electron chi connectivity index (χ4n) is 6.97. The Morgan fingerprint density at radius 2 is 1.79 bits per heavy atom. The van der Waals surface area contributed by atoms with Gasteiger partial charge in [0.2, 0.25) is 0 Å². The van der Waals surface area contributed by atoms with Gasteiger partial charge in [-0.2, -0.15) is 4.98 Å². The van der Waals surface area contributed by atoms with Gasteiger partial charge in [0.25, 0.3) is 6.01 Å². The molecule has 0 bridgehead atoms. The van der Waals surface area contributed by atoms with E-state index in [9.17, 15) is 0 Å². The minimum atomic E-state index is -0.407. The number of nitrogens with one attached hydrogen (secondary N) is 1. The van der Waals surface area contributed by atoms with E-state index < -0.39 is 5.82 Å². The van der Waals surface area contributed by atoms with Gasteiger partial charge in [-0.1, -0.05) is 19.1 Å². The number of fused-ring (bicyclic) bond motifs is 2. The number of nitrogens with two attached hydrogens (primary N) is 1. The molecule has 1 saturated carbocycles. The van der Waals surface area contributed by atoms with Crippen LogP contribution in [-0.2, 0) is 6.42 Å². The fraction of sp³-hybridized carbons (Fsp3) is 0.424. The minimum Gasteiger partial charge on any atom is -0.423 e. The number of anilines is 3. The fourth-order valence-corrected chi connectivity index (χ4v) is 6.97. The zero-order chi connectivity index (χ0) is 29.7. The van der Waals surface area contributed by atoms with E-state index in [1.807, 2.05) is 19.1 Å². The van der Waals surface area contributed by atoms with Gasteiger partial charge in [-0.05, 0) is 81.0 Å². The first-order chi connectivity index (χ1) is 20.9. The van der Waals surface area contributed by atoms with Crippen molar-refractivity contribution in [2.24, 2.45) is 0 Å². The molecule has 0 amide bonds. The Bertz CT molecular complexity index is 1780. The minimum absolute atomic E-state index is 0.267. The lowest BCUT2D eigenvalue weighted by Crippen LogP contribution is -2.49. The first kappa shape index (κ1) is 27.8. The molecule has 224 valence electrons. The number of halogens is 1. The second-order valence-corrected chi connectivity index (χ2v) is 12.2. The van der Waals surface area contributed by atoms with Crippen molar-refractivity contribution >= 4 is 39.7 Å². The highest BCUT2D eigenvalue weighted by Crippen LogP contribution is 2.40. The number of rotatable bonds is 6. The zero-order valence-electron chi connectivity index (χ0n) is 25.1. The molecule has 1 aliphatic carbocycles. The summed E-state index contributed by atoms with van der Waals surface area (Å²) in [4.78, 5) is 18.6. The van der Waals surface area contributed by atoms with Crippen molar-refractivity contribution in [3.8, 4) is 11.1 Å². The maximum atomic E-state index is 15.6. The molecule has 10 heteroatoms. The molecule has 7 rings (SSSR count). The van der Waals surface area contributed by atoms with Gasteiger partial charge >= 0.3 is 0 Å². The number of benzene rings is 2. The van der Waals surface area contributed by atoms with Crippen molar-refractivity contribution in [3.05, 3.63) is 59.8 Å². The summed E-state index contributed by atoms with van der Waals surface area (Å²) in [7, 11) is 2.20. The third-order valence-corrected chi connectivity index (χ3v) is 9.37. The zero-order valence-corrected chi connectivity index (χ0v) is 25.1. The molecule has 1 saturated heterocycles. The number of nitrogens with zero attached hydrogens (tertiary/aromatic N) is 6. The van der Waals surface area contributed by atoms with Gasteiger partial charge in [0.05, 0.1) is 11.1 Å². The van der Waals surface area contributed by atoms with Gasteiger partial charge in [0.1, 0.15) is 29.1 Å². The Morgan fingerprint density at radius 1 is 1.02 bits per heavy atom. The van der Waals surface area contributed by atoms with Crippen LogP contribution in [0.25, 0.3) is 33.3 Å². The van der Waals surface area contributed by atoms with Crippen LogP contribution in [0.15, 0.2) is 47.3 Å². The van der Waals surface area contributed by atoms with Crippen LogP contribution in [0.3, 0.4) is 0 Å². The van der Waals surface area contributed by atoms with Gasteiger partial charge in [-0.25, -0.2) is 14.4 Å². The highest BCUT2D eigenvalue weighted by molar-refractivity contribution is 6.00. The number of aryl methyl sites for hydroxylation is 2. The number of oxazole rings is 1. The lowest BCUT2D eigenvalue weighted by Gasteiger charge is -2.41. The molecular weight excluding hydrogens is 543 g/mol. The Kier molecular flexibility index (Phi) is 7.26. The quantitative estimate of drug-likeness (QED) is 0.240. The number of hydrogen-bond donors (Lipinski definition) is 2. The predicted molar refractivity (Wildman–Crippen MR) is 169 cm³/mol. The summed E-state index contributed by atoms with van der Waals surface area (Å²) in [6.45, 7) is 8.69. The SMILES string of the molecule is CCc1cc(C)cc2nc(Nc3ccc(-c4cn(C5CCC(N6CCN(C)CC6)CC5)c5ncnc(N)c45)cc3F)oc12. The third-order valence-electron chi connectivity index (χ3n) is 9.37. The first-order valence-corrected chi connectivity index (χ1v) is 15.4. The smallest absolute Gasteiger partial charge is 0.300 e. The summed E-state index contributed by atoms with van der Waals surface area (Å²) in [5.41, 5.74) is 12.8. The topological polar surface area (TPSA) is 101 Å². The van der Waals surface area contributed by atoms with Crippen molar-refractivity contribution in [1.82, 2.24) is 29.3 Å². The number of aromatic nitrogens is 4. The molecule has 4 heterocycles. The van der Waals surface area contributed by atoms with Crippen molar-refractivity contribution in [1.29, 1.82) is 0 Å². The summed E-state index contributed by atoms with van der Waals surface area (Å²) >= 11 is 0. The lowest BCUT2D eigenvalue weighted by molar-refractivity contribution is 0.0828. The monoisotopic (exact) mass is 582 g/mol. The van der Waals surface area contributed by atoms with Gasteiger partial charge < -0.3 is 24.9 Å². The van der Waals surface area contributed by atoms with Crippen LogP contribution in [0.1, 0.15) is 49.8 Å². The largest absolute Gasteiger partial charge is 0.423 e. The second-order valence-electron chi connectivity index (χ2n) is 12.2. The van der Waals surface area contributed by atoms with E-state index in [1.54, 1.807) is 6.07 Å². The molecule has 2 aromatic carbocycles. The average molecular weight is 583 g/mol. The van der Waals surface area contributed by atoms with Gasteiger partial charge in [-0.3, -0.25) is 4.90 Å². The van der Waals surface area contributed by atoms with Crippen LogP contribution in [0.5, 0.6) is 0 Å². The summed E-state index contributed by atoms with van der Waals surface area (Å²) in [5, 5.41) is 3.80. The molecule has 3 N–H and O–H groups in total. The summed E-state index contributed by atoms with van der Waals surface area (Å²) in [5.74, 6) is -0.00311. The molecule has 0 atom stereocenters. The van der Waals surface area contributed by atoms with Crippen LogP contribution < -0.4 is 11.1 Å². The molecule has 43 heavy (non-hydrogen) atoms. The predicted octanol–water partition coefficient (Wildman–Crippen LogP) is 6.31. The van der Waals surface area contributed by atoms with E-state index in [1.165, 1.54) is 12.4 Å². The molecule has 1 aliphatic heterocycles. The lowest BCUT2D eigenvalue weighted by atomic mass is 9.89. The maximum absolute atomic E-state index is 15.6. The Balaban J connectivity index is 1.15. The van der Waals surface area contributed by atoms with Crippen molar-refractivity contribution in [2.45, 2.75) is 58.0 Å². The number of likely N-dealkylation sites (N-methyl/N-ethyl adjacent to an activating group) is 1. The van der Waals surface area contributed by atoms with Gasteiger partial charge in [0, 0.05) is 50.0 Å². The normalized spacial score (nSPS) is 20.3. The summed E-state index contributed by atoms with van der Waals surface area (Å²) in [6, 6.07) is 10.4. The van der Waals surface area contributed by atoms with E-state index in [-0.39, 0.29) is 6.01 Å². The van der Waals surface area contributed by atoms with E-state index in [0.717, 1.165) is 103 Å². The highest BCUT2D eigenvalue weighted by atomic mass is 19.1. The Labute approximate surface area is 250 Å². The molecular formula is C33H39FN8O. The molecule has 0 radical (unpaired) electrons. The maximum Gasteiger partial charge on any atom is 0.300 e. The molecule has 0 spiro atoms. The molecule has 2 aliphatic rings. The van der Waals surface area contributed by atoms with Crippen molar-refractivity contribution in [2.75, 3.05) is 44.3 Å². The molecule has 2 fully saturated rings. The Hall–Kier alpha value is -4.02. The first-order valence-electron chi connectivity index (χ1n) is 15.4. The molecule has 5 aromatic rings. The number of hydrogen-bond acceptors (Lipinski definition) is 8. The Morgan fingerprint density at radius 3 is 2.53 bits per heavy atom. The highest BCUT2D eigenvalue weighted by Gasteiger charge is 2.30. The van der Waals surface area contributed by atoms with E-state index in [2.05, 4.69) is 60.9 Å². The van der Waals surface area contributed by atoms with Crippen LogP contribution >= 0.6 is 0 Å². The van der Waals surface area contributed by atoms with Crippen LogP contribution in [0.2, 0.25) is 0 Å². The second kappa shape index (κ2) is 11.2. The van der Waals surface area contributed by atoms with Gasteiger partial charge in [0.15, 0.2) is 5.58 Å². The van der Waals surface area contributed by atoms with Crippen LogP contribution in [0.4, 0.5) is 21.9 Å². The third kappa shape index (κ3) is 5.23. The van der Waals surface area contributed by atoms with Gasteiger partial charge in [-0.15, -0.1) is 0 Å². The molecule has 0 unspecified atom stereocenters. The average Bonchev–Trinajstić information content (AvgIpc) is 3.60. The number of piperazine rings is 1. The van der Waals surface area contributed by atoms with E-state index in [0.29, 0.717) is 23.6 Å².